The van der Waals surface area contributed by atoms with Crippen molar-refractivity contribution in [3.05, 3.63) is 23.8 Å². The molecule has 0 radical (unpaired) electrons. The molecule has 5 heteroatoms. The number of nitrogens with zero attached hydrogens (tertiary/aromatic N) is 1. The Kier molecular flexibility index (Phi) is 6.56. The molecule has 0 bridgehead atoms. The van der Waals surface area contributed by atoms with Gasteiger partial charge in [-0.1, -0.05) is 0 Å². The van der Waals surface area contributed by atoms with Crippen LogP contribution in [0, 0.1) is 0 Å². The van der Waals surface area contributed by atoms with Crippen molar-refractivity contribution in [3.8, 4) is 0 Å². The molecule has 0 saturated heterocycles. The van der Waals surface area contributed by atoms with Crippen LogP contribution in [0.4, 0.5) is 11.4 Å². The van der Waals surface area contributed by atoms with E-state index in [4.69, 9.17) is 5.73 Å². The first-order valence-corrected chi connectivity index (χ1v) is 7.79. The average Bonchev–Trinajstić information content (AvgIpc) is 2.38. The van der Waals surface area contributed by atoms with Gasteiger partial charge in [-0.05, 0) is 43.0 Å². The highest BCUT2D eigenvalue weighted by atomic mass is 32.2. The monoisotopic (exact) mass is 281 g/mol. The van der Waals surface area contributed by atoms with Gasteiger partial charge in [0, 0.05) is 32.0 Å². The maximum atomic E-state index is 12.1. The second-order valence-corrected chi connectivity index (χ2v) is 5.62. The van der Waals surface area contributed by atoms with Crippen LogP contribution in [0.5, 0.6) is 0 Å². The van der Waals surface area contributed by atoms with Crippen LogP contribution in [0.3, 0.4) is 0 Å². The van der Waals surface area contributed by atoms with Crippen LogP contribution in [0.2, 0.25) is 0 Å². The molecule has 0 spiro atoms. The van der Waals surface area contributed by atoms with Gasteiger partial charge in [-0.2, -0.15) is 11.8 Å². The van der Waals surface area contributed by atoms with E-state index in [1.165, 1.54) is 12.2 Å². The van der Waals surface area contributed by atoms with E-state index in [2.05, 4.69) is 11.6 Å². The van der Waals surface area contributed by atoms with E-state index < -0.39 is 0 Å². The van der Waals surface area contributed by atoms with E-state index in [1.54, 1.807) is 31.1 Å². The highest BCUT2D eigenvalue weighted by Gasteiger charge is 2.13. The Morgan fingerprint density at radius 1 is 1.37 bits per heavy atom. The summed E-state index contributed by atoms with van der Waals surface area (Å²) in [4.78, 5) is 13.6. The molecular weight excluding hydrogens is 258 g/mol. The SMILES string of the molecule is CSCCCCNc1cc(N)ccc1C(=O)N(C)C. The molecule has 1 rings (SSSR count). The van der Waals surface area contributed by atoms with Gasteiger partial charge in [-0.3, -0.25) is 4.79 Å². The van der Waals surface area contributed by atoms with Gasteiger partial charge in [0.05, 0.1) is 5.56 Å². The van der Waals surface area contributed by atoms with Crippen molar-refractivity contribution < 1.29 is 4.79 Å². The third-order valence-electron chi connectivity index (χ3n) is 2.77. The molecule has 4 nitrogen and oxygen atoms in total. The highest BCUT2D eigenvalue weighted by Crippen LogP contribution is 2.20. The Labute approximate surface area is 119 Å². The maximum Gasteiger partial charge on any atom is 0.255 e. The van der Waals surface area contributed by atoms with Crippen LogP contribution >= 0.6 is 11.8 Å². The molecule has 0 aliphatic carbocycles. The second-order valence-electron chi connectivity index (χ2n) is 4.63. The number of thioether (sulfide) groups is 1. The van der Waals surface area contributed by atoms with Gasteiger partial charge in [0.1, 0.15) is 0 Å². The maximum absolute atomic E-state index is 12.1. The molecule has 0 fully saturated rings. The third kappa shape index (κ3) is 5.03. The zero-order valence-electron chi connectivity index (χ0n) is 11.9. The zero-order chi connectivity index (χ0) is 14.3. The largest absolute Gasteiger partial charge is 0.399 e. The summed E-state index contributed by atoms with van der Waals surface area (Å²) in [6.45, 7) is 0.859. The lowest BCUT2D eigenvalue weighted by atomic mass is 10.1. The first-order valence-electron chi connectivity index (χ1n) is 6.40. The lowest BCUT2D eigenvalue weighted by molar-refractivity contribution is 0.0828. The number of rotatable bonds is 7. The van der Waals surface area contributed by atoms with Crippen LogP contribution in [-0.4, -0.2) is 43.5 Å². The number of benzene rings is 1. The molecule has 0 saturated carbocycles. The number of nitrogens with one attached hydrogen (secondary N) is 1. The van der Waals surface area contributed by atoms with Crippen LogP contribution in [0.15, 0.2) is 18.2 Å². The smallest absolute Gasteiger partial charge is 0.255 e. The van der Waals surface area contributed by atoms with Gasteiger partial charge in [0.25, 0.3) is 5.91 Å². The number of hydrogen-bond donors (Lipinski definition) is 2. The Balaban J connectivity index is 2.69. The molecule has 1 amide bonds. The number of hydrogen-bond acceptors (Lipinski definition) is 4. The van der Waals surface area contributed by atoms with Crippen molar-refractivity contribution >= 4 is 29.0 Å². The topological polar surface area (TPSA) is 58.4 Å². The molecule has 0 aromatic heterocycles. The lowest BCUT2D eigenvalue weighted by Gasteiger charge is -2.16. The molecule has 3 N–H and O–H groups in total. The molecule has 0 aliphatic heterocycles. The fourth-order valence-corrected chi connectivity index (χ4v) is 2.22. The first-order chi connectivity index (χ1) is 9.06. The van der Waals surface area contributed by atoms with Crippen molar-refractivity contribution in [2.45, 2.75) is 12.8 Å². The van der Waals surface area contributed by atoms with E-state index >= 15 is 0 Å². The van der Waals surface area contributed by atoms with Crippen molar-refractivity contribution in [3.63, 3.8) is 0 Å². The molecule has 106 valence electrons. The normalized spacial score (nSPS) is 10.3. The van der Waals surface area contributed by atoms with Gasteiger partial charge in [-0.15, -0.1) is 0 Å². The zero-order valence-corrected chi connectivity index (χ0v) is 12.7. The second kappa shape index (κ2) is 7.94. The predicted molar refractivity (Wildman–Crippen MR) is 85.0 cm³/mol. The van der Waals surface area contributed by atoms with E-state index in [-0.39, 0.29) is 5.91 Å². The van der Waals surface area contributed by atoms with Gasteiger partial charge in [-0.25, -0.2) is 0 Å². The van der Waals surface area contributed by atoms with Crippen LogP contribution in [0.25, 0.3) is 0 Å². The minimum Gasteiger partial charge on any atom is -0.399 e. The summed E-state index contributed by atoms with van der Waals surface area (Å²) >= 11 is 1.85. The standard InChI is InChI=1S/C14H23N3OS/c1-17(2)14(18)12-7-6-11(15)10-13(12)16-8-4-5-9-19-3/h6-7,10,16H,4-5,8-9,15H2,1-3H3. The highest BCUT2D eigenvalue weighted by molar-refractivity contribution is 7.98. The summed E-state index contributed by atoms with van der Waals surface area (Å²) in [6, 6.07) is 5.36. The summed E-state index contributed by atoms with van der Waals surface area (Å²) in [5.41, 5.74) is 7.95. The van der Waals surface area contributed by atoms with Crippen molar-refractivity contribution in [1.82, 2.24) is 4.90 Å². The number of nitrogen functional groups attached to an aromatic ring is 1. The molecule has 0 heterocycles. The van der Waals surface area contributed by atoms with E-state index in [0.717, 1.165) is 18.7 Å². The fraction of sp³-hybridized carbons (Fsp3) is 0.500. The Morgan fingerprint density at radius 3 is 2.74 bits per heavy atom. The Morgan fingerprint density at radius 2 is 2.11 bits per heavy atom. The van der Waals surface area contributed by atoms with Gasteiger partial charge >= 0.3 is 0 Å². The lowest BCUT2D eigenvalue weighted by Crippen LogP contribution is -2.23. The molecule has 0 aliphatic rings. The van der Waals surface area contributed by atoms with Crippen molar-refractivity contribution in [2.75, 3.05) is 43.7 Å². The molecular formula is C14H23N3OS. The van der Waals surface area contributed by atoms with Crippen molar-refractivity contribution in [2.24, 2.45) is 0 Å². The summed E-state index contributed by atoms with van der Waals surface area (Å²) in [5, 5.41) is 3.31. The number of anilines is 2. The molecule has 1 aromatic rings. The number of unbranched alkanes of at least 4 members (excludes halogenated alkanes) is 1. The number of amides is 1. The molecule has 1 aromatic carbocycles. The van der Waals surface area contributed by atoms with Crippen LogP contribution in [-0.2, 0) is 0 Å². The predicted octanol–water partition coefficient (Wildman–Crippen LogP) is 2.53. The minimum absolute atomic E-state index is 0.00777. The number of carbonyl (C=O) groups excluding carboxylic acids is 1. The van der Waals surface area contributed by atoms with Crippen molar-refractivity contribution in [1.29, 1.82) is 0 Å². The summed E-state index contributed by atoms with van der Waals surface area (Å²) in [6.07, 6.45) is 4.37. The average molecular weight is 281 g/mol. The van der Waals surface area contributed by atoms with E-state index in [1.807, 2.05) is 17.8 Å². The quantitative estimate of drug-likeness (QED) is 0.595. The Bertz CT molecular complexity index is 421. The Hall–Kier alpha value is -1.36. The van der Waals surface area contributed by atoms with E-state index in [0.29, 0.717) is 11.3 Å². The molecule has 19 heavy (non-hydrogen) atoms. The van der Waals surface area contributed by atoms with Gasteiger partial charge in [0.15, 0.2) is 0 Å². The van der Waals surface area contributed by atoms with Gasteiger partial charge < -0.3 is 16.0 Å². The van der Waals surface area contributed by atoms with Crippen LogP contribution < -0.4 is 11.1 Å². The third-order valence-corrected chi connectivity index (χ3v) is 3.47. The first kappa shape index (κ1) is 15.7. The molecule has 0 atom stereocenters. The van der Waals surface area contributed by atoms with Crippen LogP contribution in [0.1, 0.15) is 23.2 Å². The fourth-order valence-electron chi connectivity index (χ4n) is 1.73. The number of carbonyl (C=O) groups is 1. The van der Waals surface area contributed by atoms with Gasteiger partial charge in [0.2, 0.25) is 0 Å². The summed E-state index contributed by atoms with van der Waals surface area (Å²) < 4.78 is 0. The summed E-state index contributed by atoms with van der Waals surface area (Å²) in [7, 11) is 3.50. The summed E-state index contributed by atoms with van der Waals surface area (Å²) in [5.74, 6) is 1.16. The molecule has 0 unspecified atom stereocenters. The minimum atomic E-state index is -0.00777. The number of nitrogens with two attached hydrogens (primary N) is 1. The van der Waals surface area contributed by atoms with E-state index in [9.17, 15) is 4.79 Å².